The van der Waals surface area contributed by atoms with Crippen LogP contribution in [0.15, 0.2) is 24.5 Å². The number of pyridine rings is 2. The fourth-order valence-corrected chi connectivity index (χ4v) is 3.26. The maximum atomic E-state index is 12.3. The van der Waals surface area contributed by atoms with Gasteiger partial charge in [-0.3, -0.25) is 14.8 Å². The molecule has 4 heteroatoms. The minimum absolute atomic E-state index is 0.0646. The van der Waals surface area contributed by atoms with Crippen LogP contribution < -0.4 is 5.32 Å². The summed E-state index contributed by atoms with van der Waals surface area (Å²) in [5.74, 6) is 0.567. The normalized spacial score (nSPS) is 19.0. The number of carbonyl (C=O) groups is 1. The van der Waals surface area contributed by atoms with Crippen LogP contribution in [0.1, 0.15) is 49.4 Å². The molecule has 1 saturated carbocycles. The summed E-state index contributed by atoms with van der Waals surface area (Å²) in [5.41, 5.74) is 5.74. The maximum absolute atomic E-state index is 12.3. The van der Waals surface area contributed by atoms with Gasteiger partial charge < -0.3 is 5.32 Å². The van der Waals surface area contributed by atoms with E-state index >= 15 is 0 Å². The van der Waals surface area contributed by atoms with Gasteiger partial charge in [-0.05, 0) is 51.3 Å². The van der Waals surface area contributed by atoms with Gasteiger partial charge in [-0.1, -0.05) is 0 Å². The summed E-state index contributed by atoms with van der Waals surface area (Å²) in [4.78, 5) is 21.4. The number of nitrogens with zero attached hydrogens (tertiary/aromatic N) is 2. The molecule has 1 amide bonds. The Morgan fingerprint density at radius 2 is 2.09 bits per heavy atom. The zero-order valence-corrected chi connectivity index (χ0v) is 13.1. The molecule has 1 N–H and O–H groups in total. The average molecular weight is 293 g/mol. The van der Waals surface area contributed by atoms with Crippen LogP contribution in [0.25, 0.3) is 11.3 Å². The zero-order chi connectivity index (χ0) is 15.5. The van der Waals surface area contributed by atoms with E-state index < -0.39 is 5.41 Å². The minimum atomic E-state index is -0.494. The number of aryl methyl sites for hydroxylation is 1. The summed E-state index contributed by atoms with van der Waals surface area (Å²) in [6.07, 6.45) is 5.98. The molecule has 2 aliphatic rings. The fourth-order valence-electron chi connectivity index (χ4n) is 3.26. The third kappa shape index (κ3) is 1.86. The monoisotopic (exact) mass is 293 g/mol. The first-order valence-electron chi connectivity index (χ1n) is 7.76. The summed E-state index contributed by atoms with van der Waals surface area (Å²) in [6, 6.07) is 4.00. The summed E-state index contributed by atoms with van der Waals surface area (Å²) in [5, 5.41) is 3.05. The topological polar surface area (TPSA) is 54.9 Å². The van der Waals surface area contributed by atoms with Crippen LogP contribution in [-0.4, -0.2) is 15.9 Å². The Kier molecular flexibility index (Phi) is 2.68. The molecule has 1 fully saturated rings. The van der Waals surface area contributed by atoms with Crippen molar-refractivity contribution >= 4 is 11.6 Å². The van der Waals surface area contributed by atoms with Crippen molar-refractivity contribution in [2.75, 3.05) is 5.32 Å². The van der Waals surface area contributed by atoms with Crippen molar-refractivity contribution < 1.29 is 4.79 Å². The summed E-state index contributed by atoms with van der Waals surface area (Å²) < 4.78 is 0. The number of carbonyl (C=O) groups excluding carboxylic acids is 1. The van der Waals surface area contributed by atoms with Crippen LogP contribution in [0.2, 0.25) is 0 Å². The molecule has 3 heterocycles. The van der Waals surface area contributed by atoms with Gasteiger partial charge in [0.05, 0.1) is 16.8 Å². The first-order chi connectivity index (χ1) is 10.5. The van der Waals surface area contributed by atoms with Gasteiger partial charge in [0.1, 0.15) is 0 Å². The van der Waals surface area contributed by atoms with Crippen LogP contribution in [0, 0.1) is 6.92 Å². The number of amides is 1. The second kappa shape index (κ2) is 4.38. The Morgan fingerprint density at radius 3 is 2.77 bits per heavy atom. The Bertz CT molecular complexity index is 791. The summed E-state index contributed by atoms with van der Waals surface area (Å²) >= 11 is 0. The van der Waals surface area contributed by atoms with E-state index in [0.717, 1.165) is 33.8 Å². The van der Waals surface area contributed by atoms with Crippen molar-refractivity contribution in [1.82, 2.24) is 9.97 Å². The number of hydrogen-bond acceptors (Lipinski definition) is 3. The van der Waals surface area contributed by atoms with E-state index in [4.69, 9.17) is 4.98 Å². The van der Waals surface area contributed by atoms with E-state index in [1.807, 2.05) is 39.1 Å². The zero-order valence-electron chi connectivity index (χ0n) is 13.1. The molecule has 2 aromatic heterocycles. The van der Waals surface area contributed by atoms with Gasteiger partial charge in [0.15, 0.2) is 0 Å². The fraction of sp³-hybridized carbons (Fsp3) is 0.389. The van der Waals surface area contributed by atoms with Crippen LogP contribution in [-0.2, 0) is 10.2 Å². The second-order valence-electron chi connectivity index (χ2n) is 6.86. The van der Waals surface area contributed by atoms with Crippen LogP contribution in [0.5, 0.6) is 0 Å². The lowest BCUT2D eigenvalue weighted by Gasteiger charge is -2.19. The first-order valence-corrected chi connectivity index (χ1v) is 7.76. The van der Waals surface area contributed by atoms with Crippen molar-refractivity contribution in [3.05, 3.63) is 41.3 Å². The predicted molar refractivity (Wildman–Crippen MR) is 85.8 cm³/mol. The van der Waals surface area contributed by atoms with Gasteiger partial charge in [0.25, 0.3) is 0 Å². The van der Waals surface area contributed by atoms with Crippen molar-refractivity contribution in [2.24, 2.45) is 0 Å². The van der Waals surface area contributed by atoms with Gasteiger partial charge in [-0.25, -0.2) is 0 Å². The highest BCUT2D eigenvalue weighted by Crippen LogP contribution is 2.49. The molecule has 0 saturated heterocycles. The predicted octanol–water partition coefficient (Wildman–Crippen LogP) is 3.56. The molecule has 2 aromatic rings. The third-order valence-corrected chi connectivity index (χ3v) is 4.75. The molecule has 1 aliphatic carbocycles. The highest BCUT2D eigenvalue weighted by Gasteiger charge is 2.44. The molecule has 22 heavy (non-hydrogen) atoms. The molecule has 0 aromatic carbocycles. The van der Waals surface area contributed by atoms with Gasteiger partial charge in [0, 0.05) is 35.1 Å². The third-order valence-electron chi connectivity index (χ3n) is 4.75. The SMILES string of the molecule is Cc1cnccc1-c1cc2c(c(C3CC3)n1)C(C)(C)C(=O)N2. The van der Waals surface area contributed by atoms with Gasteiger partial charge >= 0.3 is 0 Å². The van der Waals surface area contributed by atoms with Crippen LogP contribution >= 0.6 is 0 Å². The summed E-state index contributed by atoms with van der Waals surface area (Å²) in [7, 11) is 0. The quantitative estimate of drug-likeness (QED) is 0.921. The highest BCUT2D eigenvalue weighted by atomic mass is 16.2. The first kappa shape index (κ1) is 13.4. The van der Waals surface area contributed by atoms with Gasteiger partial charge in [-0.15, -0.1) is 0 Å². The number of rotatable bonds is 2. The van der Waals surface area contributed by atoms with Crippen molar-refractivity contribution in [2.45, 2.75) is 44.9 Å². The van der Waals surface area contributed by atoms with Crippen LogP contribution in [0.3, 0.4) is 0 Å². The second-order valence-corrected chi connectivity index (χ2v) is 6.86. The molecule has 1 aliphatic heterocycles. The van der Waals surface area contributed by atoms with Crippen molar-refractivity contribution in [3.8, 4) is 11.3 Å². The number of nitrogens with one attached hydrogen (secondary N) is 1. The Hall–Kier alpha value is -2.23. The molecule has 0 radical (unpaired) electrons. The lowest BCUT2D eigenvalue weighted by molar-refractivity contribution is -0.119. The highest BCUT2D eigenvalue weighted by molar-refractivity contribution is 6.06. The van der Waals surface area contributed by atoms with Gasteiger partial charge in [0.2, 0.25) is 5.91 Å². The number of anilines is 1. The Morgan fingerprint density at radius 1 is 1.32 bits per heavy atom. The smallest absolute Gasteiger partial charge is 0.234 e. The molecule has 0 unspecified atom stereocenters. The Balaban J connectivity index is 1.95. The van der Waals surface area contributed by atoms with E-state index in [1.165, 1.54) is 12.8 Å². The molecular weight excluding hydrogens is 274 g/mol. The standard InChI is InChI=1S/C18H19N3O/c1-10-9-19-7-6-12(10)13-8-14-15(16(20-13)11-4-5-11)18(2,3)17(22)21-14/h6-9,11H,4-5H2,1-3H3,(H,21,22). The molecule has 4 rings (SSSR count). The Labute approximate surface area is 130 Å². The lowest BCUT2D eigenvalue weighted by Crippen LogP contribution is -2.27. The van der Waals surface area contributed by atoms with Crippen molar-refractivity contribution in [3.63, 3.8) is 0 Å². The molecule has 0 spiro atoms. The average Bonchev–Trinajstić information content (AvgIpc) is 3.28. The van der Waals surface area contributed by atoms with E-state index in [-0.39, 0.29) is 5.91 Å². The molecular formula is C18H19N3O. The maximum Gasteiger partial charge on any atom is 0.234 e. The number of hydrogen-bond donors (Lipinski definition) is 1. The molecule has 112 valence electrons. The minimum Gasteiger partial charge on any atom is -0.325 e. The lowest BCUT2D eigenvalue weighted by atomic mass is 9.83. The van der Waals surface area contributed by atoms with Crippen LogP contribution in [0.4, 0.5) is 5.69 Å². The van der Waals surface area contributed by atoms with E-state index in [9.17, 15) is 4.79 Å². The number of fused-ring (bicyclic) bond motifs is 1. The van der Waals surface area contributed by atoms with Crippen molar-refractivity contribution in [1.29, 1.82) is 0 Å². The molecule has 4 nitrogen and oxygen atoms in total. The summed E-state index contributed by atoms with van der Waals surface area (Å²) in [6.45, 7) is 6.01. The van der Waals surface area contributed by atoms with E-state index in [1.54, 1.807) is 6.20 Å². The van der Waals surface area contributed by atoms with E-state index in [0.29, 0.717) is 5.92 Å². The van der Waals surface area contributed by atoms with Gasteiger partial charge in [-0.2, -0.15) is 0 Å². The number of aromatic nitrogens is 2. The van der Waals surface area contributed by atoms with E-state index in [2.05, 4.69) is 10.3 Å². The largest absolute Gasteiger partial charge is 0.325 e. The molecule has 0 bridgehead atoms. The molecule has 0 atom stereocenters.